The lowest BCUT2D eigenvalue weighted by Gasteiger charge is -2.22. The van der Waals surface area contributed by atoms with Crippen LogP contribution in [0.4, 0.5) is 5.95 Å². The molecule has 1 aromatic carbocycles. The normalized spacial score (nSPS) is 17.6. The summed E-state index contributed by atoms with van der Waals surface area (Å²) < 4.78 is 2.03. The minimum Gasteiger partial charge on any atom is -0.370 e. The van der Waals surface area contributed by atoms with Gasteiger partial charge in [-0.05, 0) is 19.1 Å². The van der Waals surface area contributed by atoms with Gasteiger partial charge in [0.2, 0.25) is 5.95 Å². The number of hydrogen-bond acceptors (Lipinski definition) is 6. The van der Waals surface area contributed by atoms with Gasteiger partial charge in [-0.1, -0.05) is 12.1 Å². The molecule has 20 heavy (non-hydrogen) atoms. The van der Waals surface area contributed by atoms with Crippen molar-refractivity contribution >= 4 is 34.3 Å². The van der Waals surface area contributed by atoms with E-state index in [1.807, 2.05) is 41.1 Å². The number of aryl methyl sites for hydroxylation is 1. The number of hydrogen-bond donors (Lipinski definition) is 2. The summed E-state index contributed by atoms with van der Waals surface area (Å²) in [5.74, 6) is 1.07. The molecule has 0 radical (unpaired) electrons. The molecule has 3 heterocycles. The molecule has 1 unspecified atom stereocenters. The predicted molar refractivity (Wildman–Crippen MR) is 80.0 cm³/mol. The van der Waals surface area contributed by atoms with Crippen molar-refractivity contribution in [3.8, 4) is 0 Å². The third-order valence-electron chi connectivity index (χ3n) is 3.24. The molecule has 1 aliphatic heterocycles. The molecule has 0 spiro atoms. The lowest BCUT2D eigenvalue weighted by Crippen LogP contribution is -2.31. The number of nitrogens with zero attached hydrogens (tertiary/aromatic N) is 4. The number of imidazole rings is 1. The average Bonchev–Trinajstić information content (AvgIpc) is 3.00. The van der Waals surface area contributed by atoms with Gasteiger partial charge in [-0.15, -0.1) is 11.3 Å². The molecule has 3 N–H and O–H groups in total. The van der Waals surface area contributed by atoms with E-state index >= 15 is 0 Å². The first-order valence-corrected chi connectivity index (χ1v) is 7.09. The molecule has 0 saturated carbocycles. The monoisotopic (exact) mass is 284 g/mol. The fourth-order valence-corrected chi connectivity index (χ4v) is 3.04. The molecule has 0 fully saturated rings. The average molecular weight is 284 g/mol. The van der Waals surface area contributed by atoms with Crippen molar-refractivity contribution < 1.29 is 0 Å². The first kappa shape index (κ1) is 11.4. The number of anilines is 1. The van der Waals surface area contributed by atoms with Crippen molar-refractivity contribution in [3.05, 3.63) is 40.3 Å². The summed E-state index contributed by atoms with van der Waals surface area (Å²) in [4.78, 5) is 13.6. The topological polar surface area (TPSA) is 81.1 Å². The van der Waals surface area contributed by atoms with E-state index in [1.54, 1.807) is 11.3 Å². The maximum absolute atomic E-state index is 5.87. The molecule has 4 rings (SSSR count). The second-order valence-electron chi connectivity index (χ2n) is 4.60. The van der Waals surface area contributed by atoms with Gasteiger partial charge in [-0.25, -0.2) is 15.0 Å². The Bertz CT molecular complexity index is 830. The standard InChI is InChI=1S/C13H12N6S/c1-7-15-9(6-20-7)11-17-12(14)18-13-16-8-4-2-3-5-10(8)19(11)13/h2-6,11H,1H3,(H3,14,16,17,18). The van der Waals surface area contributed by atoms with Crippen molar-refractivity contribution in [2.75, 3.05) is 5.32 Å². The summed E-state index contributed by atoms with van der Waals surface area (Å²) in [6, 6.07) is 7.95. The van der Waals surface area contributed by atoms with Crippen LogP contribution in [0, 0.1) is 6.92 Å². The second kappa shape index (κ2) is 4.04. The maximum Gasteiger partial charge on any atom is 0.212 e. The molecule has 1 atom stereocenters. The van der Waals surface area contributed by atoms with Gasteiger partial charge in [0.05, 0.1) is 21.7 Å². The zero-order chi connectivity index (χ0) is 13.7. The van der Waals surface area contributed by atoms with Crippen molar-refractivity contribution in [1.82, 2.24) is 14.5 Å². The van der Waals surface area contributed by atoms with E-state index in [0.717, 1.165) is 21.7 Å². The number of fused-ring (bicyclic) bond motifs is 3. The van der Waals surface area contributed by atoms with E-state index < -0.39 is 0 Å². The van der Waals surface area contributed by atoms with Crippen LogP contribution in [0.1, 0.15) is 16.9 Å². The molecule has 100 valence electrons. The summed E-state index contributed by atoms with van der Waals surface area (Å²) in [5.41, 5.74) is 8.69. The van der Waals surface area contributed by atoms with E-state index in [1.165, 1.54) is 0 Å². The Kier molecular flexibility index (Phi) is 2.31. The third kappa shape index (κ3) is 1.60. The van der Waals surface area contributed by atoms with Crippen LogP contribution in [0.3, 0.4) is 0 Å². The van der Waals surface area contributed by atoms with Gasteiger partial charge in [0.25, 0.3) is 0 Å². The number of guanidine groups is 1. The van der Waals surface area contributed by atoms with Gasteiger partial charge in [0, 0.05) is 5.38 Å². The van der Waals surface area contributed by atoms with E-state index in [4.69, 9.17) is 5.73 Å². The fraction of sp³-hybridized carbons (Fsp3) is 0.154. The predicted octanol–water partition coefficient (Wildman–Crippen LogP) is 2.09. The van der Waals surface area contributed by atoms with Gasteiger partial charge < -0.3 is 5.73 Å². The fourth-order valence-electron chi connectivity index (χ4n) is 2.41. The molecule has 0 bridgehead atoms. The highest BCUT2D eigenvalue weighted by atomic mass is 32.1. The Labute approximate surface area is 119 Å². The zero-order valence-corrected chi connectivity index (χ0v) is 11.6. The van der Waals surface area contributed by atoms with Crippen LogP contribution in [-0.2, 0) is 0 Å². The molecule has 6 nitrogen and oxygen atoms in total. The molecule has 1 aliphatic rings. The number of nitrogens with two attached hydrogens (primary N) is 1. The van der Waals surface area contributed by atoms with Gasteiger partial charge in [-0.2, -0.15) is 0 Å². The Hall–Kier alpha value is -2.41. The van der Waals surface area contributed by atoms with Crippen LogP contribution in [0.15, 0.2) is 34.6 Å². The van der Waals surface area contributed by atoms with Gasteiger partial charge in [0.15, 0.2) is 12.1 Å². The number of para-hydroxylation sites is 2. The molecule has 2 aromatic heterocycles. The van der Waals surface area contributed by atoms with Gasteiger partial charge >= 0.3 is 0 Å². The highest BCUT2D eigenvalue weighted by Crippen LogP contribution is 2.32. The van der Waals surface area contributed by atoms with E-state index in [-0.39, 0.29) is 6.17 Å². The van der Waals surface area contributed by atoms with E-state index in [9.17, 15) is 0 Å². The van der Waals surface area contributed by atoms with Crippen LogP contribution in [0.25, 0.3) is 11.0 Å². The second-order valence-corrected chi connectivity index (χ2v) is 5.66. The number of nitrogens with one attached hydrogen (secondary N) is 1. The van der Waals surface area contributed by atoms with Crippen molar-refractivity contribution in [2.24, 2.45) is 10.7 Å². The maximum atomic E-state index is 5.87. The number of thiazole rings is 1. The summed E-state index contributed by atoms with van der Waals surface area (Å²) in [6.45, 7) is 1.98. The van der Waals surface area contributed by atoms with Crippen LogP contribution in [-0.4, -0.2) is 20.5 Å². The Morgan fingerprint density at radius 2 is 2.15 bits per heavy atom. The molecule has 7 heteroatoms. The molecule has 0 aliphatic carbocycles. The third-order valence-corrected chi connectivity index (χ3v) is 4.03. The largest absolute Gasteiger partial charge is 0.370 e. The Balaban J connectivity index is 1.98. The summed E-state index contributed by atoms with van der Waals surface area (Å²) in [6.07, 6.45) is -0.261. The number of aromatic nitrogens is 3. The minimum absolute atomic E-state index is 0.261. The molecular formula is C13H12N6S. The quantitative estimate of drug-likeness (QED) is 0.717. The zero-order valence-electron chi connectivity index (χ0n) is 10.7. The first-order chi connectivity index (χ1) is 9.72. The minimum atomic E-state index is -0.261. The first-order valence-electron chi connectivity index (χ1n) is 6.21. The molecule has 0 amide bonds. The molecule has 0 saturated heterocycles. The van der Waals surface area contributed by atoms with Crippen molar-refractivity contribution in [3.63, 3.8) is 0 Å². The smallest absolute Gasteiger partial charge is 0.212 e. The SMILES string of the molecule is Cc1nc(C2N=C(N)Nc3nc4ccccc4n32)cs1. The number of benzene rings is 1. The highest BCUT2D eigenvalue weighted by Gasteiger charge is 2.26. The van der Waals surface area contributed by atoms with Crippen LogP contribution < -0.4 is 11.1 Å². The molecule has 3 aromatic rings. The Morgan fingerprint density at radius 3 is 2.95 bits per heavy atom. The lowest BCUT2D eigenvalue weighted by atomic mass is 10.3. The summed E-state index contributed by atoms with van der Waals surface area (Å²) >= 11 is 1.61. The van der Waals surface area contributed by atoms with Crippen molar-refractivity contribution in [1.29, 1.82) is 0 Å². The van der Waals surface area contributed by atoms with Crippen LogP contribution in [0.2, 0.25) is 0 Å². The number of rotatable bonds is 1. The van der Waals surface area contributed by atoms with Gasteiger partial charge in [-0.3, -0.25) is 9.88 Å². The van der Waals surface area contributed by atoms with E-state index in [2.05, 4.69) is 20.3 Å². The summed E-state index contributed by atoms with van der Waals surface area (Å²) in [5, 5.41) is 6.04. The van der Waals surface area contributed by atoms with E-state index in [0.29, 0.717) is 11.9 Å². The number of aliphatic imine (C=N–C) groups is 1. The van der Waals surface area contributed by atoms with Gasteiger partial charge in [0.1, 0.15) is 0 Å². The summed E-state index contributed by atoms with van der Waals surface area (Å²) in [7, 11) is 0. The van der Waals surface area contributed by atoms with Crippen LogP contribution >= 0.6 is 11.3 Å². The van der Waals surface area contributed by atoms with Crippen LogP contribution in [0.5, 0.6) is 0 Å². The van der Waals surface area contributed by atoms with Crippen molar-refractivity contribution in [2.45, 2.75) is 13.1 Å². The Morgan fingerprint density at radius 1 is 1.30 bits per heavy atom. The molecular weight excluding hydrogens is 272 g/mol. The highest BCUT2D eigenvalue weighted by molar-refractivity contribution is 7.09. The lowest BCUT2D eigenvalue weighted by molar-refractivity contribution is 0.611.